The summed E-state index contributed by atoms with van der Waals surface area (Å²) in [5.41, 5.74) is 4.31. The fraction of sp³-hybridized carbons (Fsp3) is 0.391. The number of rotatable bonds is 6. The number of halogens is 1. The molecule has 162 valence electrons. The van der Waals surface area contributed by atoms with Crippen LogP contribution in [0.3, 0.4) is 0 Å². The number of hydrogen-bond donors (Lipinski definition) is 3. The van der Waals surface area contributed by atoms with Gasteiger partial charge >= 0.3 is 0 Å². The van der Waals surface area contributed by atoms with Crippen LogP contribution >= 0.6 is 24.0 Å². The monoisotopic (exact) mass is 521 g/mol. The van der Waals surface area contributed by atoms with E-state index in [1.807, 2.05) is 31.2 Å². The number of hydrogen-bond acceptors (Lipinski definition) is 3. The van der Waals surface area contributed by atoms with Crippen molar-refractivity contribution in [1.29, 1.82) is 0 Å². The number of aryl methyl sites for hydroxylation is 2. The second kappa shape index (κ2) is 11.8. The molecule has 1 atom stereocenters. The maximum atomic E-state index is 12.2. The fourth-order valence-corrected chi connectivity index (χ4v) is 3.50. The van der Waals surface area contributed by atoms with Gasteiger partial charge in [0.2, 0.25) is 0 Å². The van der Waals surface area contributed by atoms with Gasteiger partial charge < -0.3 is 20.9 Å². The molecular formula is C23H32IN5O. The summed E-state index contributed by atoms with van der Waals surface area (Å²) in [6.45, 7) is 7.23. The van der Waals surface area contributed by atoms with E-state index in [0.29, 0.717) is 24.7 Å². The molecule has 30 heavy (non-hydrogen) atoms. The molecular weight excluding hydrogens is 489 g/mol. The van der Waals surface area contributed by atoms with Gasteiger partial charge in [-0.3, -0.25) is 9.79 Å². The quantitative estimate of drug-likeness (QED) is 0.237. The third-order valence-corrected chi connectivity index (χ3v) is 5.14. The van der Waals surface area contributed by atoms with E-state index in [4.69, 9.17) is 0 Å². The van der Waals surface area contributed by atoms with Gasteiger partial charge in [-0.05, 0) is 44.5 Å². The van der Waals surface area contributed by atoms with E-state index in [1.54, 1.807) is 7.05 Å². The van der Waals surface area contributed by atoms with Crippen LogP contribution in [0.2, 0.25) is 0 Å². The zero-order valence-electron chi connectivity index (χ0n) is 17.9. The van der Waals surface area contributed by atoms with Crippen molar-refractivity contribution in [2.45, 2.75) is 26.3 Å². The first-order chi connectivity index (χ1) is 14.0. The average molecular weight is 521 g/mol. The van der Waals surface area contributed by atoms with Gasteiger partial charge in [0.15, 0.2) is 5.96 Å². The minimum absolute atomic E-state index is 0. The predicted molar refractivity (Wildman–Crippen MR) is 135 cm³/mol. The van der Waals surface area contributed by atoms with Gasteiger partial charge in [-0.2, -0.15) is 0 Å². The average Bonchev–Trinajstić information content (AvgIpc) is 3.19. The number of carbonyl (C=O) groups excluding carboxylic acids is 1. The highest BCUT2D eigenvalue weighted by molar-refractivity contribution is 14.0. The number of nitrogens with zero attached hydrogens (tertiary/aromatic N) is 2. The van der Waals surface area contributed by atoms with Crippen molar-refractivity contribution in [2.24, 2.45) is 4.99 Å². The lowest BCUT2D eigenvalue weighted by Crippen LogP contribution is -2.46. The molecule has 1 heterocycles. The third-order valence-electron chi connectivity index (χ3n) is 5.14. The molecule has 0 spiro atoms. The zero-order valence-corrected chi connectivity index (χ0v) is 20.3. The van der Waals surface area contributed by atoms with E-state index in [2.05, 4.69) is 57.0 Å². The van der Waals surface area contributed by atoms with Crippen molar-refractivity contribution in [3.05, 3.63) is 65.2 Å². The normalized spacial score (nSPS) is 16.0. The minimum atomic E-state index is -0.0528. The van der Waals surface area contributed by atoms with E-state index < -0.39 is 0 Å². The van der Waals surface area contributed by atoms with Crippen LogP contribution in [0, 0.1) is 13.8 Å². The molecule has 0 aromatic heterocycles. The number of nitrogens with one attached hydrogen (secondary N) is 3. The lowest BCUT2D eigenvalue weighted by Gasteiger charge is -2.20. The minimum Gasteiger partial charge on any atom is -0.369 e. The highest BCUT2D eigenvalue weighted by atomic mass is 127. The van der Waals surface area contributed by atoms with Gasteiger partial charge in [-0.25, -0.2) is 0 Å². The van der Waals surface area contributed by atoms with Gasteiger partial charge in [0, 0.05) is 50.5 Å². The molecule has 1 aliphatic rings. The van der Waals surface area contributed by atoms with Crippen LogP contribution in [-0.4, -0.2) is 51.1 Å². The summed E-state index contributed by atoms with van der Waals surface area (Å²) < 4.78 is 0. The molecule has 0 bridgehead atoms. The Labute approximate surface area is 196 Å². The second-order valence-corrected chi connectivity index (χ2v) is 7.54. The summed E-state index contributed by atoms with van der Waals surface area (Å²) in [7, 11) is 1.77. The van der Waals surface area contributed by atoms with Crippen molar-refractivity contribution in [3.63, 3.8) is 0 Å². The van der Waals surface area contributed by atoms with E-state index >= 15 is 0 Å². The molecule has 0 aliphatic carbocycles. The highest BCUT2D eigenvalue weighted by Gasteiger charge is 2.23. The Morgan fingerprint density at radius 3 is 2.50 bits per heavy atom. The fourth-order valence-electron chi connectivity index (χ4n) is 3.50. The maximum absolute atomic E-state index is 12.2. The molecule has 2 aromatic rings. The molecule has 1 aliphatic heterocycles. The standard InChI is InChI=1S/C23H31N5O.HI/c1-17-7-9-21(10-8-17)28-14-11-20(16-28)27-23(24-3)26-13-12-25-22(29)19-6-4-5-18(2)15-19;/h4-10,15,20H,11-14,16H2,1-3H3,(H,25,29)(H2,24,26,27);1H. The Hall–Kier alpha value is -2.29. The lowest BCUT2D eigenvalue weighted by molar-refractivity contribution is 0.0954. The molecule has 2 aromatic carbocycles. The Kier molecular flexibility index (Phi) is 9.42. The Balaban J connectivity index is 0.00000320. The summed E-state index contributed by atoms with van der Waals surface area (Å²) in [4.78, 5) is 18.9. The van der Waals surface area contributed by atoms with Crippen LogP contribution in [0.1, 0.15) is 27.9 Å². The molecule has 3 rings (SSSR count). The van der Waals surface area contributed by atoms with Crippen molar-refractivity contribution in [3.8, 4) is 0 Å². The maximum Gasteiger partial charge on any atom is 0.251 e. The molecule has 1 saturated heterocycles. The molecule has 0 radical (unpaired) electrons. The van der Waals surface area contributed by atoms with Gasteiger partial charge in [-0.1, -0.05) is 35.4 Å². The molecule has 3 N–H and O–H groups in total. The van der Waals surface area contributed by atoms with Crippen LogP contribution in [0.25, 0.3) is 0 Å². The Bertz CT molecular complexity index is 853. The topological polar surface area (TPSA) is 68.8 Å². The van der Waals surface area contributed by atoms with Crippen LogP contribution in [0.15, 0.2) is 53.5 Å². The van der Waals surface area contributed by atoms with Crippen LogP contribution in [0.4, 0.5) is 5.69 Å². The van der Waals surface area contributed by atoms with Gasteiger partial charge in [0.25, 0.3) is 5.91 Å². The summed E-state index contributed by atoms with van der Waals surface area (Å²) in [5, 5.41) is 9.71. The summed E-state index contributed by atoms with van der Waals surface area (Å²) in [5.74, 6) is 0.716. The molecule has 1 amide bonds. The third kappa shape index (κ3) is 6.90. The molecule has 1 unspecified atom stereocenters. The first-order valence-corrected chi connectivity index (χ1v) is 10.2. The summed E-state index contributed by atoms with van der Waals surface area (Å²) >= 11 is 0. The number of carbonyl (C=O) groups is 1. The van der Waals surface area contributed by atoms with E-state index in [9.17, 15) is 4.79 Å². The number of guanidine groups is 1. The second-order valence-electron chi connectivity index (χ2n) is 7.54. The van der Waals surface area contributed by atoms with E-state index in [0.717, 1.165) is 31.0 Å². The van der Waals surface area contributed by atoms with Crippen LogP contribution in [-0.2, 0) is 0 Å². The van der Waals surface area contributed by atoms with Gasteiger partial charge in [0.1, 0.15) is 0 Å². The van der Waals surface area contributed by atoms with E-state index in [1.165, 1.54) is 11.3 Å². The van der Waals surface area contributed by atoms with E-state index in [-0.39, 0.29) is 29.9 Å². The van der Waals surface area contributed by atoms with Gasteiger partial charge in [0.05, 0.1) is 0 Å². The first-order valence-electron chi connectivity index (χ1n) is 10.2. The number of benzene rings is 2. The summed E-state index contributed by atoms with van der Waals surface area (Å²) in [6, 6.07) is 16.6. The van der Waals surface area contributed by atoms with Crippen LogP contribution in [0.5, 0.6) is 0 Å². The van der Waals surface area contributed by atoms with Crippen molar-refractivity contribution >= 4 is 41.5 Å². The lowest BCUT2D eigenvalue weighted by atomic mass is 10.1. The largest absolute Gasteiger partial charge is 0.369 e. The molecule has 1 fully saturated rings. The number of amides is 1. The number of aliphatic imine (C=N–C) groups is 1. The Morgan fingerprint density at radius 2 is 1.80 bits per heavy atom. The van der Waals surface area contributed by atoms with Crippen molar-refractivity contribution in [2.75, 3.05) is 38.1 Å². The Morgan fingerprint density at radius 1 is 1.07 bits per heavy atom. The smallest absolute Gasteiger partial charge is 0.251 e. The first kappa shape index (κ1) is 24.0. The van der Waals surface area contributed by atoms with Crippen molar-refractivity contribution < 1.29 is 4.79 Å². The van der Waals surface area contributed by atoms with Gasteiger partial charge in [-0.15, -0.1) is 24.0 Å². The summed E-state index contributed by atoms with van der Waals surface area (Å²) in [6.07, 6.45) is 1.07. The number of anilines is 1. The SMILES string of the molecule is CN=C(NCCNC(=O)c1cccc(C)c1)NC1CCN(c2ccc(C)cc2)C1.I. The predicted octanol–water partition coefficient (Wildman–Crippen LogP) is 3.10. The molecule has 6 nitrogen and oxygen atoms in total. The highest BCUT2D eigenvalue weighted by Crippen LogP contribution is 2.20. The molecule has 0 saturated carbocycles. The zero-order chi connectivity index (χ0) is 20.6. The van der Waals surface area contributed by atoms with Crippen molar-refractivity contribution in [1.82, 2.24) is 16.0 Å². The molecule has 7 heteroatoms. The van der Waals surface area contributed by atoms with Crippen LogP contribution < -0.4 is 20.9 Å².